The number of nitrogens with zero attached hydrogens (tertiary/aromatic N) is 1. The van der Waals surface area contributed by atoms with E-state index in [0.29, 0.717) is 6.42 Å². The first-order chi connectivity index (χ1) is 32.4. The van der Waals surface area contributed by atoms with Gasteiger partial charge in [0.15, 0.2) is 29.3 Å². The van der Waals surface area contributed by atoms with Crippen molar-refractivity contribution in [3.63, 3.8) is 0 Å². The van der Waals surface area contributed by atoms with Crippen LogP contribution in [0.1, 0.15) is 32.1 Å². The van der Waals surface area contributed by atoms with Crippen LogP contribution in [-0.2, 0) is 100 Å². The van der Waals surface area contributed by atoms with Crippen molar-refractivity contribution in [2.45, 2.75) is 95.8 Å². The maximum absolute atomic E-state index is 13.4. The minimum atomic E-state index is -4.96. The number of nitriles is 1. The molecule has 16 unspecified atom stereocenters. The third-order valence-electron chi connectivity index (χ3n) is 14.1. The van der Waals surface area contributed by atoms with E-state index in [1.165, 1.54) is 0 Å². The first-order valence-electron chi connectivity index (χ1n) is 20.7. The Morgan fingerprint density at radius 1 is 0.614 bits per heavy atom. The number of fused-ring (bicyclic) bond motifs is 3. The molecule has 6 bridgehead atoms. The Morgan fingerprint density at radius 2 is 1.06 bits per heavy atom. The van der Waals surface area contributed by atoms with Gasteiger partial charge in [0.1, 0.15) is 41.9 Å². The molecule has 31 heteroatoms. The fourth-order valence-electron chi connectivity index (χ4n) is 11.5. The van der Waals surface area contributed by atoms with Crippen molar-refractivity contribution in [2.24, 2.45) is 41.4 Å². The van der Waals surface area contributed by atoms with Gasteiger partial charge in [-0.3, -0.25) is 12.5 Å². The van der Waals surface area contributed by atoms with Crippen molar-refractivity contribution in [2.75, 3.05) is 19.8 Å². The van der Waals surface area contributed by atoms with Crippen LogP contribution in [0.2, 0.25) is 0 Å². The van der Waals surface area contributed by atoms with Crippen LogP contribution < -0.4 is 0 Å². The summed E-state index contributed by atoms with van der Waals surface area (Å²) in [6.45, 7) is 7.31. The molecule has 0 spiro atoms. The van der Waals surface area contributed by atoms with Gasteiger partial charge in [-0.05, 0) is 32.1 Å². The number of halogens is 6. The molecular formula is C39H39F6NO21S3. The lowest BCUT2D eigenvalue weighted by Crippen LogP contribution is -2.54. The molecule has 9 rings (SSSR count). The van der Waals surface area contributed by atoms with Crippen molar-refractivity contribution < 1.29 is 121 Å². The zero-order valence-corrected chi connectivity index (χ0v) is 38.1. The van der Waals surface area contributed by atoms with E-state index in [-0.39, 0.29) is 25.2 Å². The molecule has 386 valence electrons. The Bertz CT molecular complexity index is 2650. The fraction of sp³-hybridized carbons (Fsp3) is 0.667. The Balaban J connectivity index is 0.000000155. The van der Waals surface area contributed by atoms with E-state index < -0.39 is 192 Å². The first kappa shape index (κ1) is 52.7. The lowest BCUT2D eigenvalue weighted by atomic mass is 9.83. The monoisotopic (exact) mass is 1070 g/mol. The molecule has 0 aromatic heterocycles. The van der Waals surface area contributed by atoms with Gasteiger partial charge in [-0.2, -0.15) is 56.9 Å². The molecular weight excluding hydrogens is 1030 g/mol. The summed E-state index contributed by atoms with van der Waals surface area (Å²) in [4.78, 5) is 67.6. The molecule has 16 atom stereocenters. The summed E-state index contributed by atoms with van der Waals surface area (Å²) in [5.41, 5.74) is 0. The molecule has 6 aliphatic carbocycles. The highest BCUT2D eigenvalue weighted by Gasteiger charge is 2.83. The fourth-order valence-corrected chi connectivity index (χ4v) is 17.5. The average Bonchev–Trinajstić information content (AvgIpc) is 4.16. The zero-order chi connectivity index (χ0) is 51.9. The van der Waals surface area contributed by atoms with E-state index in [0.717, 1.165) is 18.2 Å². The standard InChI is InChI=1S/2C13H13F3O7S.C13H13NO7S/c1-2-8(17)21-5-9(18)22-10-6-3-7-11(10)23-24(19,20)12(7,4-6)13(14,15)16;1-2-7(17)21-4-8(18)22-10-5-3-6-11(10)23-24(19,20)12(6)9(5)13(14,15)16;1-2-9(15)19-5-10(16)20-11-7-3-8-12(11)21-22(17,18)13(8,4-7)6-14/h2,6-7,10-11H,1,3-5H2;2,5-6,9-12H,1,3-4H2;2,7-8,11-12H,1,3-5H2. The Hall–Kier alpha value is -5.16. The summed E-state index contributed by atoms with van der Waals surface area (Å²) in [6, 6.07) is 1.88. The summed E-state index contributed by atoms with van der Waals surface area (Å²) in [5.74, 6) is -12.4. The molecule has 0 amide bonds. The predicted octanol–water partition coefficient (Wildman–Crippen LogP) is 0.908. The second kappa shape index (κ2) is 18.2. The summed E-state index contributed by atoms with van der Waals surface area (Å²) < 4.78 is 191. The Morgan fingerprint density at radius 3 is 1.51 bits per heavy atom. The topological polar surface area (TPSA) is 312 Å². The Kier molecular flexibility index (Phi) is 13.7. The maximum atomic E-state index is 13.4. The minimum absolute atomic E-state index is 0.0524. The van der Waals surface area contributed by atoms with Gasteiger partial charge in [0.05, 0.1) is 12.0 Å². The van der Waals surface area contributed by atoms with Gasteiger partial charge in [0.25, 0.3) is 30.4 Å². The molecule has 3 saturated heterocycles. The molecule has 0 aromatic carbocycles. The van der Waals surface area contributed by atoms with Gasteiger partial charge < -0.3 is 28.4 Å². The van der Waals surface area contributed by atoms with E-state index in [4.69, 9.17) is 22.6 Å². The highest BCUT2D eigenvalue weighted by molar-refractivity contribution is 7.89. The number of ether oxygens (including phenoxy) is 6. The number of alkyl halides is 6. The highest BCUT2D eigenvalue weighted by atomic mass is 32.2. The lowest BCUT2D eigenvalue weighted by molar-refractivity contribution is -0.204. The molecule has 0 N–H and O–H groups in total. The van der Waals surface area contributed by atoms with Gasteiger partial charge in [0, 0.05) is 53.7 Å². The van der Waals surface area contributed by atoms with Gasteiger partial charge >= 0.3 is 48.2 Å². The van der Waals surface area contributed by atoms with Gasteiger partial charge in [0.2, 0.25) is 0 Å². The number of carbonyl (C=O) groups excluding carboxylic acids is 6. The zero-order valence-electron chi connectivity index (χ0n) is 35.6. The third kappa shape index (κ3) is 8.63. The van der Waals surface area contributed by atoms with Crippen LogP contribution in [0.5, 0.6) is 0 Å². The quantitative estimate of drug-likeness (QED) is 0.0862. The third-order valence-corrected chi connectivity index (χ3v) is 19.9. The van der Waals surface area contributed by atoms with Crippen molar-refractivity contribution in [1.29, 1.82) is 5.26 Å². The Labute approximate surface area is 392 Å². The second-order valence-corrected chi connectivity index (χ2v) is 22.9. The number of carbonyl (C=O) groups is 6. The minimum Gasteiger partial charge on any atom is -0.457 e. The van der Waals surface area contributed by atoms with E-state index >= 15 is 0 Å². The number of esters is 6. The van der Waals surface area contributed by atoms with Crippen molar-refractivity contribution >= 4 is 66.2 Å². The summed E-state index contributed by atoms with van der Waals surface area (Å²) in [5, 5.41) is 7.61. The van der Waals surface area contributed by atoms with E-state index in [1.54, 1.807) is 0 Å². The van der Waals surface area contributed by atoms with Crippen LogP contribution in [0.25, 0.3) is 0 Å². The van der Waals surface area contributed by atoms with Crippen LogP contribution >= 0.6 is 0 Å². The van der Waals surface area contributed by atoms with Crippen LogP contribution in [0.15, 0.2) is 38.0 Å². The smallest absolute Gasteiger partial charge is 0.410 e. The van der Waals surface area contributed by atoms with Gasteiger partial charge in [-0.1, -0.05) is 19.7 Å². The summed E-state index contributed by atoms with van der Waals surface area (Å²) >= 11 is 0. The number of rotatable bonds is 12. The molecule has 3 aliphatic heterocycles. The maximum Gasteiger partial charge on any atom is 0.410 e. The highest BCUT2D eigenvalue weighted by Crippen LogP contribution is 2.67. The molecule has 9 aliphatic rings. The number of hydrogen-bond acceptors (Lipinski definition) is 22. The molecule has 70 heavy (non-hydrogen) atoms. The van der Waals surface area contributed by atoms with Crippen LogP contribution in [0.3, 0.4) is 0 Å². The van der Waals surface area contributed by atoms with Gasteiger partial charge in [-0.15, -0.1) is 0 Å². The average molecular weight is 1070 g/mol. The molecule has 0 aromatic rings. The largest absolute Gasteiger partial charge is 0.457 e. The molecule has 6 saturated carbocycles. The van der Waals surface area contributed by atoms with Crippen LogP contribution in [0, 0.1) is 52.8 Å². The predicted molar refractivity (Wildman–Crippen MR) is 209 cm³/mol. The van der Waals surface area contributed by atoms with E-state index in [9.17, 15) is 85.6 Å². The molecule has 0 radical (unpaired) electrons. The van der Waals surface area contributed by atoms with Crippen LogP contribution in [0.4, 0.5) is 26.3 Å². The summed E-state index contributed by atoms with van der Waals surface area (Å²) in [6.07, 6.45) is -13.9. The number of hydrogen-bond donors (Lipinski definition) is 0. The lowest BCUT2D eigenvalue weighted by Gasteiger charge is -2.33. The van der Waals surface area contributed by atoms with Crippen molar-refractivity contribution in [1.82, 2.24) is 0 Å². The SMILES string of the molecule is C=CC(=O)OCC(=O)OC1C2CC3C1OS(=O)(=O)C3(C#N)C2.C=CC(=O)OCC(=O)OC1C2CC3C1OS(=O)(=O)C3(C(F)(F)F)C2.C=CC(=O)OCC(=O)OC1C2CC3C1OS(=O)(=O)C3C2C(F)(F)F. The van der Waals surface area contributed by atoms with Gasteiger partial charge in [-0.25, -0.2) is 28.8 Å². The van der Waals surface area contributed by atoms with Crippen molar-refractivity contribution in [3.05, 3.63) is 38.0 Å². The normalized spacial score (nSPS) is 39.2. The summed E-state index contributed by atoms with van der Waals surface area (Å²) in [7, 11) is -13.2. The molecule has 9 fully saturated rings. The molecule has 3 heterocycles. The molecule has 22 nitrogen and oxygen atoms in total. The van der Waals surface area contributed by atoms with Crippen molar-refractivity contribution in [3.8, 4) is 6.07 Å². The van der Waals surface area contributed by atoms with Crippen LogP contribution in [-0.4, -0.2) is 145 Å². The second-order valence-electron chi connectivity index (χ2n) is 17.5. The van der Waals surface area contributed by atoms with E-state index in [1.807, 2.05) is 6.07 Å². The first-order valence-corrected chi connectivity index (χ1v) is 25.0. The van der Waals surface area contributed by atoms with E-state index in [2.05, 4.69) is 38.1 Å².